The van der Waals surface area contributed by atoms with Gasteiger partial charge in [-0.05, 0) is 19.1 Å². The first-order chi connectivity index (χ1) is 11.2. The summed E-state index contributed by atoms with van der Waals surface area (Å²) in [5, 5.41) is 7.99. The summed E-state index contributed by atoms with van der Waals surface area (Å²) in [6.45, 7) is 2.94. The van der Waals surface area contributed by atoms with Crippen LogP contribution in [0, 0.1) is 0 Å². The largest absolute Gasteiger partial charge is 0.377 e. The lowest BCUT2D eigenvalue weighted by Gasteiger charge is -2.18. The Hall–Kier alpha value is -2.74. The number of hydrogen-bond donors (Lipinski definition) is 0. The Bertz CT molecular complexity index is 810. The Morgan fingerprint density at radius 3 is 3.09 bits per heavy atom. The predicted molar refractivity (Wildman–Crippen MR) is 80.6 cm³/mol. The van der Waals surface area contributed by atoms with Crippen molar-refractivity contribution in [3.8, 4) is 0 Å². The second-order valence-electron chi connectivity index (χ2n) is 4.95. The van der Waals surface area contributed by atoms with E-state index in [0.717, 1.165) is 5.52 Å². The first-order valence-corrected chi connectivity index (χ1v) is 7.25. The van der Waals surface area contributed by atoms with Crippen molar-refractivity contribution in [2.75, 3.05) is 13.7 Å². The summed E-state index contributed by atoms with van der Waals surface area (Å²) in [7, 11) is 1.56. The highest BCUT2D eigenvalue weighted by Gasteiger charge is 2.21. The molecule has 1 amide bonds. The third kappa shape index (κ3) is 3.07. The van der Waals surface area contributed by atoms with Gasteiger partial charge >= 0.3 is 0 Å². The third-order valence-electron chi connectivity index (χ3n) is 3.44. The average molecular weight is 315 g/mol. The van der Waals surface area contributed by atoms with Gasteiger partial charge in [-0.25, -0.2) is 4.52 Å². The van der Waals surface area contributed by atoms with Crippen LogP contribution in [0.25, 0.3) is 5.52 Å². The van der Waals surface area contributed by atoms with Crippen molar-refractivity contribution in [3.63, 3.8) is 0 Å². The van der Waals surface area contributed by atoms with Gasteiger partial charge < -0.3 is 14.2 Å². The minimum atomic E-state index is -0.125. The number of carbonyl (C=O) groups excluding carboxylic acids is 1. The maximum absolute atomic E-state index is 12.7. The Kier molecular flexibility index (Phi) is 4.33. The van der Waals surface area contributed by atoms with E-state index in [1.807, 2.05) is 25.1 Å². The van der Waals surface area contributed by atoms with Gasteiger partial charge in [-0.3, -0.25) is 4.79 Å². The molecule has 0 N–H and O–H groups in total. The van der Waals surface area contributed by atoms with Crippen molar-refractivity contribution in [1.29, 1.82) is 0 Å². The summed E-state index contributed by atoms with van der Waals surface area (Å²) in [6, 6.07) is 5.60. The molecule has 0 aliphatic heterocycles. The van der Waals surface area contributed by atoms with Gasteiger partial charge in [0.2, 0.25) is 5.89 Å². The normalized spacial score (nSPS) is 11.0. The molecular formula is C15H17N5O3. The standard InChI is InChI=1S/C15H17N5O3/c1-3-19(9-14-17-13(10-22-2)18-23-14)15(21)11-8-16-20-7-5-4-6-12(11)20/h4-8H,3,9-10H2,1-2H3. The maximum atomic E-state index is 12.7. The number of methoxy groups -OCH3 is 1. The van der Waals surface area contributed by atoms with Crippen LogP contribution in [-0.2, 0) is 17.9 Å². The number of hydrogen-bond acceptors (Lipinski definition) is 6. The Balaban J connectivity index is 1.80. The molecule has 0 aromatic carbocycles. The van der Waals surface area contributed by atoms with Crippen LogP contribution in [0.15, 0.2) is 35.1 Å². The SMILES string of the molecule is CCN(Cc1nc(COC)no1)C(=O)c1cnn2ccccc12. The molecule has 8 heteroatoms. The van der Waals surface area contributed by atoms with Crippen LogP contribution in [0.2, 0.25) is 0 Å². The number of pyridine rings is 1. The van der Waals surface area contributed by atoms with E-state index in [9.17, 15) is 4.79 Å². The van der Waals surface area contributed by atoms with Gasteiger partial charge in [-0.1, -0.05) is 11.2 Å². The van der Waals surface area contributed by atoms with Gasteiger partial charge in [0.15, 0.2) is 5.82 Å². The van der Waals surface area contributed by atoms with E-state index in [1.165, 1.54) is 0 Å². The minimum Gasteiger partial charge on any atom is -0.377 e. The summed E-state index contributed by atoms with van der Waals surface area (Å²) < 4.78 is 11.8. The van der Waals surface area contributed by atoms with Crippen LogP contribution in [0.5, 0.6) is 0 Å². The van der Waals surface area contributed by atoms with Gasteiger partial charge in [0.1, 0.15) is 13.2 Å². The summed E-state index contributed by atoms with van der Waals surface area (Å²) in [5.41, 5.74) is 1.31. The van der Waals surface area contributed by atoms with Crippen LogP contribution in [0.4, 0.5) is 0 Å². The highest BCUT2D eigenvalue weighted by molar-refractivity contribution is 6.00. The third-order valence-corrected chi connectivity index (χ3v) is 3.44. The molecule has 0 aliphatic carbocycles. The summed E-state index contributed by atoms with van der Waals surface area (Å²) in [4.78, 5) is 18.6. The van der Waals surface area contributed by atoms with E-state index in [-0.39, 0.29) is 19.1 Å². The number of amides is 1. The fraction of sp³-hybridized carbons (Fsp3) is 0.333. The van der Waals surface area contributed by atoms with Crippen molar-refractivity contribution in [2.45, 2.75) is 20.1 Å². The summed E-state index contributed by atoms with van der Waals surface area (Å²) in [5.74, 6) is 0.714. The molecule has 0 bridgehead atoms. The second kappa shape index (κ2) is 6.57. The van der Waals surface area contributed by atoms with E-state index < -0.39 is 0 Å². The van der Waals surface area contributed by atoms with Crippen molar-refractivity contribution >= 4 is 11.4 Å². The number of fused-ring (bicyclic) bond motifs is 1. The molecule has 0 atom stereocenters. The fourth-order valence-electron chi connectivity index (χ4n) is 2.30. The van der Waals surface area contributed by atoms with E-state index in [0.29, 0.717) is 23.8 Å². The van der Waals surface area contributed by atoms with Gasteiger partial charge in [0.05, 0.1) is 17.3 Å². The number of aromatic nitrogens is 4. The number of ether oxygens (including phenoxy) is 1. The molecule has 3 heterocycles. The van der Waals surface area contributed by atoms with E-state index in [1.54, 1.807) is 28.9 Å². The van der Waals surface area contributed by atoms with E-state index >= 15 is 0 Å². The van der Waals surface area contributed by atoms with Crippen LogP contribution in [0.3, 0.4) is 0 Å². The second-order valence-corrected chi connectivity index (χ2v) is 4.95. The predicted octanol–water partition coefficient (Wildman–Crippen LogP) is 1.53. The van der Waals surface area contributed by atoms with Crippen molar-refractivity contribution in [1.82, 2.24) is 24.7 Å². The number of nitrogens with zero attached hydrogens (tertiary/aromatic N) is 5. The van der Waals surface area contributed by atoms with Crippen molar-refractivity contribution in [2.24, 2.45) is 0 Å². The molecule has 8 nitrogen and oxygen atoms in total. The first-order valence-electron chi connectivity index (χ1n) is 7.25. The smallest absolute Gasteiger partial charge is 0.258 e. The molecule has 0 saturated carbocycles. The van der Waals surface area contributed by atoms with Gasteiger partial charge in [0, 0.05) is 19.9 Å². The number of carbonyl (C=O) groups is 1. The minimum absolute atomic E-state index is 0.125. The molecule has 3 aromatic heterocycles. The molecule has 0 spiro atoms. The average Bonchev–Trinajstić information content (AvgIpc) is 3.19. The van der Waals surface area contributed by atoms with Crippen molar-refractivity contribution < 1.29 is 14.1 Å². The lowest BCUT2D eigenvalue weighted by atomic mass is 10.2. The Morgan fingerprint density at radius 2 is 2.30 bits per heavy atom. The maximum Gasteiger partial charge on any atom is 0.258 e. The lowest BCUT2D eigenvalue weighted by Crippen LogP contribution is -2.30. The summed E-state index contributed by atoms with van der Waals surface area (Å²) in [6.07, 6.45) is 3.38. The molecule has 0 radical (unpaired) electrons. The molecule has 0 saturated heterocycles. The van der Waals surface area contributed by atoms with Crippen LogP contribution >= 0.6 is 0 Å². The molecule has 3 rings (SSSR count). The van der Waals surface area contributed by atoms with Crippen molar-refractivity contribution in [3.05, 3.63) is 47.9 Å². The van der Waals surface area contributed by atoms with E-state index in [2.05, 4.69) is 15.2 Å². The number of rotatable bonds is 6. The lowest BCUT2D eigenvalue weighted by molar-refractivity contribution is 0.0736. The molecule has 0 unspecified atom stereocenters. The Labute approximate surface area is 132 Å². The zero-order valence-corrected chi connectivity index (χ0v) is 13.0. The zero-order valence-electron chi connectivity index (χ0n) is 13.0. The van der Waals surface area contributed by atoms with Gasteiger partial charge in [0.25, 0.3) is 5.91 Å². The Morgan fingerprint density at radius 1 is 1.43 bits per heavy atom. The molecule has 23 heavy (non-hydrogen) atoms. The monoisotopic (exact) mass is 315 g/mol. The fourth-order valence-corrected chi connectivity index (χ4v) is 2.30. The van der Waals surface area contributed by atoms with Crippen LogP contribution in [-0.4, -0.2) is 44.2 Å². The topological polar surface area (TPSA) is 85.8 Å². The summed E-state index contributed by atoms with van der Waals surface area (Å²) >= 11 is 0. The molecule has 0 aliphatic rings. The molecule has 120 valence electrons. The first kappa shape index (κ1) is 15.2. The zero-order chi connectivity index (χ0) is 16.2. The quantitative estimate of drug-likeness (QED) is 0.685. The highest BCUT2D eigenvalue weighted by Crippen LogP contribution is 2.14. The van der Waals surface area contributed by atoms with E-state index in [4.69, 9.17) is 9.26 Å². The molecule has 0 fully saturated rings. The highest BCUT2D eigenvalue weighted by atomic mass is 16.5. The van der Waals surface area contributed by atoms with Gasteiger partial charge in [-0.15, -0.1) is 0 Å². The van der Waals surface area contributed by atoms with Crippen LogP contribution < -0.4 is 0 Å². The molecular weight excluding hydrogens is 298 g/mol. The van der Waals surface area contributed by atoms with Crippen LogP contribution in [0.1, 0.15) is 29.0 Å². The van der Waals surface area contributed by atoms with Gasteiger partial charge in [-0.2, -0.15) is 10.1 Å². The molecule has 3 aromatic rings.